The summed E-state index contributed by atoms with van der Waals surface area (Å²) in [4.78, 5) is 4.37. The molecule has 0 radical (unpaired) electrons. The molecule has 0 saturated carbocycles. The third-order valence-corrected chi connectivity index (χ3v) is 5.19. The second-order valence-electron chi connectivity index (χ2n) is 5.28. The van der Waals surface area contributed by atoms with Gasteiger partial charge in [0.25, 0.3) is 0 Å². The van der Waals surface area contributed by atoms with Crippen LogP contribution < -0.4 is 5.32 Å². The van der Waals surface area contributed by atoms with E-state index < -0.39 is 14.6 Å². The fourth-order valence-corrected chi connectivity index (χ4v) is 1.86. The molecule has 0 unspecified atom stereocenters. The average Bonchev–Trinajstić information content (AvgIpc) is 2.55. The highest BCUT2D eigenvalue weighted by Gasteiger charge is 2.30. The predicted molar refractivity (Wildman–Crippen MR) is 74.7 cm³/mol. The minimum Gasteiger partial charge on any atom is -0.354 e. The summed E-state index contributed by atoms with van der Waals surface area (Å²) < 4.78 is 24.5. The smallest absolute Gasteiger partial charge is 0.203 e. The molecule has 0 aromatic carbocycles. The Labute approximate surface area is 110 Å². The molecule has 0 aliphatic rings. The topological polar surface area (TPSA) is 64.0 Å². The highest BCUT2D eigenvalue weighted by molar-refractivity contribution is 7.92. The van der Waals surface area contributed by atoms with Crippen LogP contribution in [0.3, 0.4) is 0 Å². The zero-order chi connectivity index (χ0) is 14.0. The quantitative estimate of drug-likeness (QED) is 0.859. The van der Waals surface area contributed by atoms with E-state index in [9.17, 15) is 8.42 Å². The first-order chi connectivity index (χ1) is 8.17. The average molecular weight is 273 g/mol. The summed E-state index contributed by atoms with van der Waals surface area (Å²) in [6.07, 6.45) is 4.25. The van der Waals surface area contributed by atoms with E-state index in [4.69, 9.17) is 0 Å². The largest absolute Gasteiger partial charge is 0.354 e. The van der Waals surface area contributed by atoms with Crippen molar-refractivity contribution in [2.45, 2.75) is 45.4 Å². The van der Waals surface area contributed by atoms with Gasteiger partial charge in [0.2, 0.25) is 5.95 Å². The molecule has 0 saturated heterocycles. The van der Waals surface area contributed by atoms with Gasteiger partial charge in [0, 0.05) is 25.5 Å². The lowest BCUT2D eigenvalue weighted by molar-refractivity contribution is 0.558. The number of hydrogen-bond donors (Lipinski definition) is 1. The number of sulfone groups is 1. The van der Waals surface area contributed by atoms with Crippen LogP contribution in [0.5, 0.6) is 0 Å². The van der Waals surface area contributed by atoms with Gasteiger partial charge in [-0.25, -0.2) is 13.4 Å². The van der Waals surface area contributed by atoms with Crippen LogP contribution in [0.2, 0.25) is 0 Å². The second-order valence-corrected chi connectivity index (χ2v) is 7.93. The van der Waals surface area contributed by atoms with Gasteiger partial charge in [0.1, 0.15) is 0 Å². The zero-order valence-electron chi connectivity index (χ0n) is 11.8. The molecular formula is C12H23N3O2S. The lowest BCUT2D eigenvalue weighted by Crippen LogP contribution is -2.38. The third-order valence-electron chi connectivity index (χ3n) is 3.04. The summed E-state index contributed by atoms with van der Waals surface area (Å²) >= 11 is 0. The standard InChI is InChI=1S/C12H23N3O2S/c1-6-7-15-8-10(2)14-11(15)13-9-12(3,4)18(5,16)17/h8H,6-7,9H2,1-5H3,(H,13,14). The summed E-state index contributed by atoms with van der Waals surface area (Å²) in [6.45, 7) is 8.69. The Bertz CT molecular complexity index is 503. The van der Waals surface area contributed by atoms with Crippen molar-refractivity contribution in [3.8, 4) is 0 Å². The SMILES string of the molecule is CCCn1cc(C)nc1NCC(C)(C)S(C)(=O)=O. The molecule has 0 atom stereocenters. The number of nitrogens with zero attached hydrogens (tertiary/aromatic N) is 2. The van der Waals surface area contributed by atoms with Crippen LogP contribution in [0.4, 0.5) is 5.95 Å². The van der Waals surface area contributed by atoms with Crippen molar-refractivity contribution in [2.24, 2.45) is 0 Å². The minimum atomic E-state index is -3.09. The highest BCUT2D eigenvalue weighted by atomic mass is 32.2. The molecular weight excluding hydrogens is 250 g/mol. The van der Waals surface area contributed by atoms with Gasteiger partial charge in [0.15, 0.2) is 9.84 Å². The van der Waals surface area contributed by atoms with E-state index in [1.165, 1.54) is 6.26 Å². The molecule has 18 heavy (non-hydrogen) atoms. The summed E-state index contributed by atoms with van der Waals surface area (Å²) in [7, 11) is -3.09. The minimum absolute atomic E-state index is 0.353. The number of nitrogens with one attached hydrogen (secondary N) is 1. The van der Waals surface area contributed by atoms with E-state index in [2.05, 4.69) is 17.2 Å². The number of aromatic nitrogens is 2. The van der Waals surface area contributed by atoms with Gasteiger partial charge >= 0.3 is 0 Å². The van der Waals surface area contributed by atoms with Crippen LogP contribution in [0, 0.1) is 6.92 Å². The van der Waals surface area contributed by atoms with Crippen molar-refractivity contribution in [1.29, 1.82) is 0 Å². The van der Waals surface area contributed by atoms with E-state index in [-0.39, 0.29) is 0 Å². The van der Waals surface area contributed by atoms with Gasteiger partial charge in [-0.05, 0) is 27.2 Å². The van der Waals surface area contributed by atoms with Gasteiger partial charge in [-0.2, -0.15) is 0 Å². The maximum Gasteiger partial charge on any atom is 0.203 e. The maximum absolute atomic E-state index is 11.6. The summed E-state index contributed by atoms with van der Waals surface area (Å²) in [5, 5.41) is 3.14. The van der Waals surface area contributed by atoms with Crippen molar-refractivity contribution in [3.05, 3.63) is 11.9 Å². The highest BCUT2D eigenvalue weighted by Crippen LogP contribution is 2.17. The van der Waals surface area contributed by atoms with E-state index in [1.54, 1.807) is 13.8 Å². The Morgan fingerprint density at radius 3 is 2.56 bits per heavy atom. The molecule has 0 aliphatic heterocycles. The number of imidazole rings is 1. The number of hydrogen-bond acceptors (Lipinski definition) is 4. The van der Waals surface area contributed by atoms with Crippen LogP contribution in [-0.2, 0) is 16.4 Å². The summed E-state index contributed by atoms with van der Waals surface area (Å²) in [6, 6.07) is 0. The van der Waals surface area contributed by atoms with E-state index in [0.717, 1.165) is 24.6 Å². The predicted octanol–water partition coefficient (Wildman–Crippen LogP) is 1.84. The molecule has 0 fully saturated rings. The summed E-state index contributed by atoms with van der Waals surface area (Å²) in [5.41, 5.74) is 0.933. The molecule has 0 bridgehead atoms. The molecule has 1 aromatic heterocycles. The lowest BCUT2D eigenvalue weighted by Gasteiger charge is -2.23. The molecule has 0 spiro atoms. The van der Waals surface area contributed by atoms with Crippen molar-refractivity contribution < 1.29 is 8.42 Å². The molecule has 1 heterocycles. The fraction of sp³-hybridized carbons (Fsp3) is 0.750. The molecule has 1 N–H and O–H groups in total. The van der Waals surface area contributed by atoms with Crippen LogP contribution in [0.1, 0.15) is 32.9 Å². The van der Waals surface area contributed by atoms with E-state index >= 15 is 0 Å². The number of anilines is 1. The van der Waals surface area contributed by atoms with E-state index in [0.29, 0.717) is 6.54 Å². The molecule has 0 amide bonds. The van der Waals surface area contributed by atoms with Gasteiger partial charge in [-0.1, -0.05) is 6.92 Å². The molecule has 104 valence electrons. The molecule has 0 aliphatic carbocycles. The number of aryl methyl sites for hydroxylation is 2. The summed E-state index contributed by atoms with van der Waals surface area (Å²) in [5.74, 6) is 0.742. The Kier molecular flexibility index (Phi) is 4.42. The first kappa shape index (κ1) is 15.0. The first-order valence-corrected chi connectivity index (χ1v) is 8.04. The van der Waals surface area contributed by atoms with Crippen molar-refractivity contribution in [2.75, 3.05) is 18.1 Å². The number of rotatable bonds is 6. The maximum atomic E-state index is 11.6. The monoisotopic (exact) mass is 273 g/mol. The Morgan fingerprint density at radius 2 is 2.06 bits per heavy atom. The molecule has 5 nitrogen and oxygen atoms in total. The Hall–Kier alpha value is -1.04. The van der Waals surface area contributed by atoms with Crippen LogP contribution in [-0.4, -0.2) is 35.5 Å². The molecule has 6 heteroatoms. The molecule has 1 rings (SSSR count). The van der Waals surface area contributed by atoms with Crippen LogP contribution in [0.15, 0.2) is 6.20 Å². The molecule has 1 aromatic rings. The Morgan fingerprint density at radius 1 is 1.44 bits per heavy atom. The van der Waals surface area contributed by atoms with E-state index in [1.807, 2.05) is 17.7 Å². The third kappa shape index (κ3) is 3.48. The van der Waals surface area contributed by atoms with Gasteiger partial charge < -0.3 is 9.88 Å². The van der Waals surface area contributed by atoms with Crippen molar-refractivity contribution in [3.63, 3.8) is 0 Å². The van der Waals surface area contributed by atoms with Crippen molar-refractivity contribution in [1.82, 2.24) is 9.55 Å². The normalized spacial score (nSPS) is 12.7. The van der Waals surface area contributed by atoms with Gasteiger partial charge in [-0.3, -0.25) is 0 Å². The Balaban J connectivity index is 2.80. The lowest BCUT2D eigenvalue weighted by atomic mass is 10.2. The van der Waals surface area contributed by atoms with Gasteiger partial charge in [0.05, 0.1) is 10.4 Å². The second kappa shape index (κ2) is 5.30. The fourth-order valence-electron chi connectivity index (χ4n) is 1.52. The van der Waals surface area contributed by atoms with Crippen molar-refractivity contribution >= 4 is 15.8 Å². The van der Waals surface area contributed by atoms with Crippen LogP contribution in [0.25, 0.3) is 0 Å². The van der Waals surface area contributed by atoms with Crippen LogP contribution >= 0.6 is 0 Å². The zero-order valence-corrected chi connectivity index (χ0v) is 12.6. The van der Waals surface area contributed by atoms with Gasteiger partial charge in [-0.15, -0.1) is 0 Å². The first-order valence-electron chi connectivity index (χ1n) is 6.14.